The van der Waals surface area contributed by atoms with Crippen molar-refractivity contribution in [1.29, 1.82) is 0 Å². The molecule has 0 aromatic heterocycles. The molecule has 1 aromatic carbocycles. The Morgan fingerprint density at radius 1 is 1.50 bits per heavy atom. The Balaban J connectivity index is 2.12. The van der Waals surface area contributed by atoms with Crippen LogP contribution in [0.15, 0.2) is 22.7 Å². The molecule has 0 bridgehead atoms. The topological polar surface area (TPSA) is 60.8 Å². The molecule has 1 amide bonds. The third kappa shape index (κ3) is 2.84. The molecule has 1 atom stereocenters. The van der Waals surface area contributed by atoms with Crippen molar-refractivity contribution >= 4 is 21.8 Å². The first-order valence-electron chi connectivity index (χ1n) is 6.00. The Morgan fingerprint density at radius 3 is 2.94 bits per heavy atom. The van der Waals surface area contributed by atoms with Crippen LogP contribution in [0.3, 0.4) is 0 Å². The highest BCUT2D eigenvalue weighted by Gasteiger charge is 2.24. The number of hydrogen-bond acceptors (Lipinski definition) is 3. The second kappa shape index (κ2) is 5.71. The molecule has 0 radical (unpaired) electrons. The van der Waals surface area contributed by atoms with E-state index in [2.05, 4.69) is 15.9 Å². The van der Waals surface area contributed by atoms with Crippen molar-refractivity contribution < 1.29 is 15.0 Å². The average Bonchev–Trinajstić information content (AvgIpc) is 2.41. The van der Waals surface area contributed by atoms with E-state index in [9.17, 15) is 9.90 Å². The van der Waals surface area contributed by atoms with Gasteiger partial charge in [0.1, 0.15) is 5.75 Å². The maximum Gasteiger partial charge on any atom is 0.253 e. The first-order chi connectivity index (χ1) is 8.61. The highest BCUT2D eigenvalue weighted by atomic mass is 79.9. The molecular formula is C13H16BrNO3. The van der Waals surface area contributed by atoms with Crippen molar-refractivity contribution in [1.82, 2.24) is 4.90 Å². The molecule has 98 valence electrons. The lowest BCUT2D eigenvalue weighted by molar-refractivity contribution is 0.0620. The van der Waals surface area contributed by atoms with E-state index in [1.807, 2.05) is 0 Å². The molecule has 4 nitrogen and oxygen atoms in total. The number of halogens is 1. The van der Waals surface area contributed by atoms with Crippen LogP contribution in [0.25, 0.3) is 0 Å². The van der Waals surface area contributed by atoms with E-state index in [-0.39, 0.29) is 24.2 Å². The normalized spacial score (nSPS) is 19.9. The summed E-state index contributed by atoms with van der Waals surface area (Å²) in [4.78, 5) is 14.0. The van der Waals surface area contributed by atoms with Crippen molar-refractivity contribution in [2.24, 2.45) is 5.92 Å². The zero-order valence-electron chi connectivity index (χ0n) is 9.97. The maximum atomic E-state index is 12.2. The van der Waals surface area contributed by atoms with Gasteiger partial charge in [-0.15, -0.1) is 0 Å². The van der Waals surface area contributed by atoms with Crippen LogP contribution < -0.4 is 0 Å². The van der Waals surface area contributed by atoms with Crippen LogP contribution >= 0.6 is 15.9 Å². The molecule has 2 N–H and O–H groups in total. The van der Waals surface area contributed by atoms with E-state index in [1.54, 1.807) is 17.0 Å². The van der Waals surface area contributed by atoms with Crippen LogP contribution in [0.2, 0.25) is 0 Å². The largest absolute Gasteiger partial charge is 0.507 e. The standard InChI is InChI=1S/C13H16BrNO3/c14-11-4-3-10(6-12(11)17)13(18)15-5-1-2-9(7-15)8-16/h3-4,6,9,16-17H,1-2,5,7-8H2. The minimum Gasteiger partial charge on any atom is -0.507 e. The lowest BCUT2D eigenvalue weighted by Crippen LogP contribution is -2.40. The number of aliphatic hydroxyl groups excluding tert-OH is 1. The van der Waals surface area contributed by atoms with Gasteiger partial charge in [0.2, 0.25) is 0 Å². The molecule has 1 aromatic rings. The summed E-state index contributed by atoms with van der Waals surface area (Å²) in [5.41, 5.74) is 0.481. The zero-order valence-corrected chi connectivity index (χ0v) is 11.6. The van der Waals surface area contributed by atoms with Crippen LogP contribution in [-0.2, 0) is 0 Å². The van der Waals surface area contributed by atoms with Gasteiger partial charge >= 0.3 is 0 Å². The number of hydrogen-bond donors (Lipinski definition) is 2. The van der Waals surface area contributed by atoms with Gasteiger partial charge < -0.3 is 15.1 Å². The zero-order chi connectivity index (χ0) is 13.1. The van der Waals surface area contributed by atoms with Crippen molar-refractivity contribution in [2.75, 3.05) is 19.7 Å². The summed E-state index contributed by atoms with van der Waals surface area (Å²) >= 11 is 3.19. The molecule has 1 aliphatic rings. The van der Waals surface area contributed by atoms with Gasteiger partial charge in [0.25, 0.3) is 5.91 Å². The molecule has 5 heteroatoms. The van der Waals surface area contributed by atoms with Gasteiger partial charge in [-0.1, -0.05) is 0 Å². The van der Waals surface area contributed by atoms with Crippen LogP contribution in [0.4, 0.5) is 0 Å². The molecule has 0 saturated carbocycles. The Morgan fingerprint density at radius 2 is 2.28 bits per heavy atom. The van der Waals surface area contributed by atoms with Gasteiger partial charge in [-0.25, -0.2) is 0 Å². The smallest absolute Gasteiger partial charge is 0.253 e. The molecule has 1 unspecified atom stereocenters. The lowest BCUT2D eigenvalue weighted by atomic mass is 9.98. The highest BCUT2D eigenvalue weighted by Crippen LogP contribution is 2.26. The van der Waals surface area contributed by atoms with Crippen molar-refractivity contribution in [3.05, 3.63) is 28.2 Å². The van der Waals surface area contributed by atoms with Crippen LogP contribution in [0.1, 0.15) is 23.2 Å². The molecule has 1 heterocycles. The number of piperidine rings is 1. The number of carbonyl (C=O) groups is 1. The number of nitrogens with zero attached hydrogens (tertiary/aromatic N) is 1. The fourth-order valence-corrected chi connectivity index (χ4v) is 2.47. The summed E-state index contributed by atoms with van der Waals surface area (Å²) in [6.07, 6.45) is 1.88. The predicted molar refractivity (Wildman–Crippen MR) is 71.5 cm³/mol. The third-order valence-electron chi connectivity index (χ3n) is 3.26. The number of phenolic OH excluding ortho intramolecular Hbond substituents is 1. The summed E-state index contributed by atoms with van der Waals surface area (Å²) < 4.78 is 0.575. The van der Waals surface area contributed by atoms with E-state index in [4.69, 9.17) is 5.11 Å². The molecule has 1 aliphatic heterocycles. The number of amides is 1. The number of likely N-dealkylation sites (tertiary alicyclic amines) is 1. The van der Waals surface area contributed by atoms with Gasteiger partial charge in [0.05, 0.1) is 4.47 Å². The summed E-state index contributed by atoms with van der Waals surface area (Å²) in [6.45, 7) is 1.42. The highest BCUT2D eigenvalue weighted by molar-refractivity contribution is 9.10. The van der Waals surface area contributed by atoms with Crippen molar-refractivity contribution in [2.45, 2.75) is 12.8 Å². The van der Waals surface area contributed by atoms with Gasteiger partial charge in [-0.05, 0) is 52.9 Å². The Bertz CT molecular complexity index is 450. The van der Waals surface area contributed by atoms with Crippen molar-refractivity contribution in [3.8, 4) is 5.75 Å². The number of aliphatic hydroxyl groups is 1. The van der Waals surface area contributed by atoms with E-state index in [0.29, 0.717) is 23.1 Å². The number of benzene rings is 1. The molecule has 0 aliphatic carbocycles. The fraction of sp³-hybridized carbons (Fsp3) is 0.462. The Hall–Kier alpha value is -1.07. The monoisotopic (exact) mass is 313 g/mol. The summed E-state index contributed by atoms with van der Waals surface area (Å²) in [7, 11) is 0. The minimum absolute atomic E-state index is 0.0663. The SMILES string of the molecule is O=C(c1ccc(Br)c(O)c1)N1CCCC(CO)C1. The van der Waals surface area contributed by atoms with E-state index in [1.165, 1.54) is 6.07 Å². The molecule has 2 rings (SSSR count). The predicted octanol–water partition coefficient (Wildman–Crippen LogP) is 2.00. The quantitative estimate of drug-likeness (QED) is 0.878. The number of aromatic hydroxyl groups is 1. The van der Waals surface area contributed by atoms with Crippen LogP contribution in [0, 0.1) is 5.92 Å². The van der Waals surface area contributed by atoms with Gasteiger partial charge in [0, 0.05) is 25.3 Å². The molecule has 1 fully saturated rings. The van der Waals surface area contributed by atoms with E-state index in [0.717, 1.165) is 12.8 Å². The summed E-state index contributed by atoms with van der Waals surface area (Å²) in [5.74, 6) is 0.152. The number of carbonyl (C=O) groups excluding carboxylic acids is 1. The lowest BCUT2D eigenvalue weighted by Gasteiger charge is -2.31. The molecular weight excluding hydrogens is 298 g/mol. The first-order valence-corrected chi connectivity index (χ1v) is 6.79. The number of rotatable bonds is 2. The van der Waals surface area contributed by atoms with Crippen LogP contribution in [0.5, 0.6) is 5.75 Å². The van der Waals surface area contributed by atoms with Gasteiger partial charge in [-0.2, -0.15) is 0 Å². The second-order valence-corrected chi connectivity index (χ2v) is 5.46. The average molecular weight is 314 g/mol. The van der Waals surface area contributed by atoms with Crippen molar-refractivity contribution in [3.63, 3.8) is 0 Å². The minimum atomic E-state index is -0.0871. The Kier molecular flexibility index (Phi) is 4.24. The van der Waals surface area contributed by atoms with Crippen LogP contribution in [-0.4, -0.2) is 40.7 Å². The Labute approximate surface area is 114 Å². The fourth-order valence-electron chi connectivity index (χ4n) is 2.23. The van der Waals surface area contributed by atoms with E-state index >= 15 is 0 Å². The van der Waals surface area contributed by atoms with Gasteiger partial charge in [-0.3, -0.25) is 4.79 Å². The summed E-state index contributed by atoms with van der Waals surface area (Å²) in [6, 6.07) is 4.82. The van der Waals surface area contributed by atoms with E-state index < -0.39 is 0 Å². The van der Waals surface area contributed by atoms with Gasteiger partial charge in [0.15, 0.2) is 0 Å². The summed E-state index contributed by atoms with van der Waals surface area (Å²) in [5, 5.41) is 18.7. The number of phenols is 1. The first kappa shape index (κ1) is 13.4. The molecule has 1 saturated heterocycles. The third-order valence-corrected chi connectivity index (χ3v) is 3.93. The molecule has 18 heavy (non-hydrogen) atoms. The maximum absolute atomic E-state index is 12.2. The molecule has 0 spiro atoms. The second-order valence-electron chi connectivity index (χ2n) is 4.61.